The molecule has 3 aromatic rings. The molecule has 0 aliphatic heterocycles. The van der Waals surface area contributed by atoms with Crippen molar-refractivity contribution in [2.24, 2.45) is 0 Å². The Morgan fingerprint density at radius 1 is 1.02 bits per heavy atom. The molecule has 0 amide bonds. The molecule has 1 N–H and O–H groups in total. The predicted octanol–water partition coefficient (Wildman–Crippen LogP) is 5.96. The van der Waals surface area contributed by atoms with Crippen molar-refractivity contribution in [3.05, 3.63) is 113 Å². The summed E-state index contributed by atoms with van der Waals surface area (Å²) < 4.78 is 10.0. The Morgan fingerprint density at radius 3 is 2.20 bits per heavy atom. The Labute approximate surface area is 240 Å². The van der Waals surface area contributed by atoms with E-state index in [2.05, 4.69) is 29.9 Å². The summed E-state index contributed by atoms with van der Waals surface area (Å²) in [7, 11) is 1.89. The number of benzene rings is 2. The molecule has 9 heteroatoms. The Hall–Kier alpha value is -5.18. The number of nitrogens with zero attached hydrogens (tertiary/aromatic N) is 4. The zero-order valence-electron chi connectivity index (χ0n) is 24.0. The molecule has 2 aromatic carbocycles. The van der Waals surface area contributed by atoms with Crippen molar-refractivity contribution in [3.8, 4) is 11.4 Å². The van der Waals surface area contributed by atoms with Crippen LogP contribution in [0.5, 0.6) is 5.75 Å². The van der Waals surface area contributed by atoms with E-state index in [0.29, 0.717) is 29.1 Å². The monoisotopic (exact) mass is 554 g/mol. The molecular weight excluding hydrogens is 520 g/mol. The summed E-state index contributed by atoms with van der Waals surface area (Å²) in [5.74, 6) is -1.38. The summed E-state index contributed by atoms with van der Waals surface area (Å²) in [5.41, 5.74) is 4.64. The standard InChI is InChI=1S/C32H34N4O5/c1-9-10-11-28-23(7)33-36(34-28)29-17-22(6)16-25(30(29)37)19-35(8)26-14-12-24(13-15-26)18-27(31(38)40-20(2)3)32(39)41-21(4)5/h9-18,37H,1-2,4,19H2,3,5-8H3/b11-10-. The van der Waals surface area contributed by atoms with Gasteiger partial charge in [-0.05, 0) is 69.2 Å². The van der Waals surface area contributed by atoms with E-state index in [1.54, 1.807) is 24.3 Å². The summed E-state index contributed by atoms with van der Waals surface area (Å²) in [6.45, 7) is 18.0. The van der Waals surface area contributed by atoms with Gasteiger partial charge in [-0.25, -0.2) is 9.59 Å². The molecule has 0 bridgehead atoms. The van der Waals surface area contributed by atoms with Gasteiger partial charge in [0.25, 0.3) is 0 Å². The number of phenolic OH excluding ortho intramolecular Hbond substituents is 1. The van der Waals surface area contributed by atoms with E-state index in [1.807, 2.05) is 56.1 Å². The topological polar surface area (TPSA) is 107 Å². The summed E-state index contributed by atoms with van der Waals surface area (Å²) in [5, 5.41) is 20.1. The molecule has 9 nitrogen and oxygen atoms in total. The van der Waals surface area contributed by atoms with Gasteiger partial charge in [-0.15, -0.1) is 9.90 Å². The van der Waals surface area contributed by atoms with Crippen LogP contribution in [0.3, 0.4) is 0 Å². The van der Waals surface area contributed by atoms with Gasteiger partial charge in [0.15, 0.2) is 0 Å². The minimum Gasteiger partial charge on any atom is -0.505 e. The van der Waals surface area contributed by atoms with Crippen LogP contribution in [0.4, 0.5) is 5.69 Å². The maximum Gasteiger partial charge on any atom is 0.350 e. The molecule has 0 aliphatic carbocycles. The van der Waals surface area contributed by atoms with Gasteiger partial charge >= 0.3 is 11.9 Å². The minimum atomic E-state index is -0.874. The Bertz CT molecular complexity index is 1530. The number of carbonyl (C=O) groups excluding carboxylic acids is 2. The van der Waals surface area contributed by atoms with Crippen molar-refractivity contribution in [3.63, 3.8) is 0 Å². The molecule has 0 unspecified atom stereocenters. The van der Waals surface area contributed by atoms with E-state index in [1.165, 1.54) is 24.7 Å². The largest absolute Gasteiger partial charge is 0.505 e. The second-order valence-corrected chi connectivity index (χ2v) is 9.54. The van der Waals surface area contributed by atoms with Gasteiger partial charge < -0.3 is 19.5 Å². The Balaban J connectivity index is 1.86. The zero-order chi connectivity index (χ0) is 30.3. The number of aromatic nitrogens is 3. The van der Waals surface area contributed by atoms with Crippen molar-refractivity contribution >= 4 is 29.8 Å². The second-order valence-electron chi connectivity index (χ2n) is 9.54. The fraction of sp³-hybridized carbons (Fsp3) is 0.188. The summed E-state index contributed by atoms with van der Waals surface area (Å²) in [6, 6.07) is 10.9. The number of esters is 2. The third kappa shape index (κ3) is 7.92. The number of allylic oxidation sites excluding steroid dienone is 4. The molecular formula is C32H34N4O5. The van der Waals surface area contributed by atoms with Gasteiger partial charge in [-0.1, -0.05) is 50.1 Å². The number of hydrogen-bond acceptors (Lipinski definition) is 8. The Morgan fingerprint density at radius 2 is 1.63 bits per heavy atom. The number of carbonyl (C=O) groups is 2. The first-order chi connectivity index (χ1) is 19.4. The van der Waals surface area contributed by atoms with Gasteiger partial charge in [0.05, 0.1) is 17.2 Å². The lowest BCUT2D eigenvalue weighted by atomic mass is 10.1. The second kappa shape index (κ2) is 13.3. The molecule has 0 saturated carbocycles. The lowest BCUT2D eigenvalue weighted by Crippen LogP contribution is -2.17. The van der Waals surface area contributed by atoms with Crippen LogP contribution in [0.25, 0.3) is 17.8 Å². The highest BCUT2D eigenvalue weighted by molar-refractivity contribution is 6.18. The predicted molar refractivity (Wildman–Crippen MR) is 160 cm³/mol. The number of ether oxygens (including phenoxy) is 2. The number of phenols is 1. The highest BCUT2D eigenvalue weighted by Gasteiger charge is 2.23. The lowest BCUT2D eigenvalue weighted by molar-refractivity contribution is -0.142. The van der Waals surface area contributed by atoms with Crippen molar-refractivity contribution in [1.82, 2.24) is 15.0 Å². The van der Waals surface area contributed by atoms with Crippen LogP contribution in [0.2, 0.25) is 0 Å². The molecule has 0 fully saturated rings. The molecule has 41 heavy (non-hydrogen) atoms. The third-order valence-corrected chi connectivity index (χ3v) is 5.76. The summed E-state index contributed by atoms with van der Waals surface area (Å²) >= 11 is 0. The number of anilines is 1. The highest BCUT2D eigenvalue weighted by Crippen LogP contribution is 2.30. The SMILES string of the molecule is C=C/C=C\c1nn(-c2cc(C)cc(CN(C)c3ccc(C=C(C(=O)OC(=C)C)C(=O)OC(=C)C)cc3)c2O)nc1C. The first-order valence-corrected chi connectivity index (χ1v) is 12.7. The molecule has 0 radical (unpaired) electrons. The van der Waals surface area contributed by atoms with E-state index in [4.69, 9.17) is 9.47 Å². The van der Waals surface area contributed by atoms with Crippen molar-refractivity contribution in [2.75, 3.05) is 11.9 Å². The van der Waals surface area contributed by atoms with Gasteiger partial charge in [0.2, 0.25) is 0 Å². The van der Waals surface area contributed by atoms with E-state index >= 15 is 0 Å². The average molecular weight is 555 g/mol. The van der Waals surface area contributed by atoms with Crippen LogP contribution >= 0.6 is 0 Å². The van der Waals surface area contributed by atoms with Crippen molar-refractivity contribution in [1.29, 1.82) is 0 Å². The number of aromatic hydroxyl groups is 1. The van der Waals surface area contributed by atoms with Crippen molar-refractivity contribution in [2.45, 2.75) is 34.2 Å². The van der Waals surface area contributed by atoms with Gasteiger partial charge in [-0.3, -0.25) is 0 Å². The maximum absolute atomic E-state index is 12.5. The van der Waals surface area contributed by atoms with Crippen LogP contribution in [0.15, 0.2) is 85.4 Å². The highest BCUT2D eigenvalue weighted by atomic mass is 16.6. The fourth-order valence-electron chi connectivity index (χ4n) is 3.88. The van der Waals surface area contributed by atoms with E-state index in [0.717, 1.165) is 16.9 Å². The number of hydrogen-bond donors (Lipinski definition) is 1. The van der Waals surface area contributed by atoms with Crippen LogP contribution in [0, 0.1) is 13.8 Å². The smallest absolute Gasteiger partial charge is 0.350 e. The molecule has 0 atom stereocenters. The third-order valence-electron chi connectivity index (χ3n) is 5.76. The first kappa shape index (κ1) is 30.4. The average Bonchev–Trinajstić information content (AvgIpc) is 3.27. The molecule has 0 aliphatic rings. The molecule has 3 rings (SSSR count). The molecule has 0 spiro atoms. The zero-order valence-corrected chi connectivity index (χ0v) is 24.0. The van der Waals surface area contributed by atoms with E-state index < -0.39 is 11.9 Å². The van der Waals surface area contributed by atoms with Crippen LogP contribution in [-0.2, 0) is 25.6 Å². The van der Waals surface area contributed by atoms with Crippen LogP contribution in [-0.4, -0.2) is 39.1 Å². The number of rotatable bonds is 11. The lowest BCUT2D eigenvalue weighted by Gasteiger charge is -2.21. The van der Waals surface area contributed by atoms with Crippen molar-refractivity contribution < 1.29 is 24.2 Å². The van der Waals surface area contributed by atoms with Crippen LogP contribution in [0.1, 0.15) is 41.9 Å². The van der Waals surface area contributed by atoms with Gasteiger partial charge in [-0.2, -0.15) is 5.10 Å². The maximum atomic E-state index is 12.5. The molecule has 1 aromatic heterocycles. The van der Waals surface area contributed by atoms with E-state index in [-0.39, 0.29) is 22.8 Å². The normalized spacial score (nSPS) is 10.7. The summed E-state index contributed by atoms with van der Waals surface area (Å²) in [6.07, 6.45) is 6.63. The van der Waals surface area contributed by atoms with Crippen LogP contribution < -0.4 is 4.90 Å². The minimum absolute atomic E-state index is 0.0768. The molecule has 212 valence electrons. The van der Waals surface area contributed by atoms with Gasteiger partial charge in [0.1, 0.15) is 22.7 Å². The number of aryl methyl sites for hydroxylation is 2. The fourth-order valence-corrected chi connectivity index (χ4v) is 3.88. The molecule has 1 heterocycles. The van der Waals surface area contributed by atoms with E-state index in [9.17, 15) is 14.7 Å². The molecule has 0 saturated heterocycles. The Kier molecular flexibility index (Phi) is 9.81. The quantitative estimate of drug-likeness (QED) is 0.0773. The van der Waals surface area contributed by atoms with Gasteiger partial charge in [0, 0.05) is 24.8 Å². The first-order valence-electron chi connectivity index (χ1n) is 12.7. The summed E-state index contributed by atoms with van der Waals surface area (Å²) in [4.78, 5) is 28.4.